The highest BCUT2D eigenvalue weighted by molar-refractivity contribution is 6.10. The lowest BCUT2D eigenvalue weighted by molar-refractivity contribution is -0.146. The summed E-state index contributed by atoms with van der Waals surface area (Å²) >= 11 is 0. The number of nitrogens with zero attached hydrogens (tertiary/aromatic N) is 2. The number of allylic oxidation sites excluding steroid dienone is 7. The van der Waals surface area contributed by atoms with Gasteiger partial charge in [-0.1, -0.05) is 62.4 Å². The van der Waals surface area contributed by atoms with Gasteiger partial charge >= 0.3 is 0 Å². The minimum absolute atomic E-state index is 0.163. The number of oxazole rings is 1. The molecule has 1 N–H and O–H groups in total. The number of para-hydroxylation sites is 2. The van der Waals surface area contributed by atoms with Crippen molar-refractivity contribution in [3.8, 4) is 0 Å². The predicted octanol–water partition coefficient (Wildman–Crippen LogP) is 5.30. The third kappa shape index (κ3) is 4.29. The Hall–Kier alpha value is -4.72. The van der Waals surface area contributed by atoms with Crippen LogP contribution in [0.15, 0.2) is 112 Å². The number of hydrogen-bond acceptors (Lipinski definition) is 6. The van der Waals surface area contributed by atoms with Crippen LogP contribution in [0.4, 0.5) is 0 Å². The van der Waals surface area contributed by atoms with Gasteiger partial charge in [0.2, 0.25) is 11.8 Å². The van der Waals surface area contributed by atoms with Crippen LogP contribution in [0.3, 0.4) is 0 Å². The number of hydrogen-bond donors (Lipinski definition) is 1. The monoisotopic (exact) mass is 561 g/mol. The maximum atomic E-state index is 13.7. The van der Waals surface area contributed by atoms with Crippen molar-refractivity contribution in [1.82, 2.24) is 15.2 Å². The van der Waals surface area contributed by atoms with Gasteiger partial charge in [-0.15, -0.1) is 0 Å². The summed E-state index contributed by atoms with van der Waals surface area (Å²) < 4.78 is 12.0. The smallest absolute Gasteiger partial charge is 0.290 e. The van der Waals surface area contributed by atoms with Gasteiger partial charge in [-0.2, -0.15) is 0 Å². The molecule has 1 aromatic heterocycles. The molecule has 5 unspecified atom stereocenters. The van der Waals surface area contributed by atoms with Gasteiger partial charge in [-0.3, -0.25) is 14.4 Å². The van der Waals surface area contributed by atoms with Crippen LogP contribution in [-0.4, -0.2) is 33.7 Å². The third-order valence-corrected chi connectivity index (χ3v) is 8.80. The van der Waals surface area contributed by atoms with E-state index in [1.54, 1.807) is 18.2 Å². The summed E-state index contributed by atoms with van der Waals surface area (Å²) in [6.07, 6.45) is 17.6. The van der Waals surface area contributed by atoms with Crippen LogP contribution >= 0.6 is 0 Å². The molecular weight excluding hydrogens is 530 g/mol. The minimum atomic E-state index is -0.513. The lowest BCUT2D eigenvalue weighted by atomic mass is 9.81. The number of carbonyl (C=O) groups is 3. The molecule has 42 heavy (non-hydrogen) atoms. The highest BCUT2D eigenvalue weighted by atomic mass is 16.5. The van der Waals surface area contributed by atoms with Crippen molar-refractivity contribution >= 4 is 28.8 Å². The van der Waals surface area contributed by atoms with E-state index < -0.39 is 11.3 Å². The van der Waals surface area contributed by atoms with Crippen LogP contribution in [-0.2, 0) is 24.5 Å². The molecule has 0 radical (unpaired) electrons. The predicted molar refractivity (Wildman–Crippen MR) is 156 cm³/mol. The molecule has 0 spiro atoms. The van der Waals surface area contributed by atoms with Crippen molar-refractivity contribution in [3.63, 3.8) is 0 Å². The van der Waals surface area contributed by atoms with Gasteiger partial charge in [-0.05, 0) is 61.6 Å². The van der Waals surface area contributed by atoms with E-state index in [4.69, 9.17) is 9.15 Å². The number of aromatic nitrogens is 1. The van der Waals surface area contributed by atoms with Crippen LogP contribution < -0.4 is 5.32 Å². The minimum Gasteiger partial charge on any atom is -0.479 e. The average Bonchev–Trinajstić information content (AvgIpc) is 3.58. The van der Waals surface area contributed by atoms with E-state index in [1.165, 1.54) is 4.90 Å². The van der Waals surface area contributed by atoms with Gasteiger partial charge in [0.25, 0.3) is 11.8 Å². The number of benzene rings is 1. The van der Waals surface area contributed by atoms with Crippen molar-refractivity contribution in [2.24, 2.45) is 17.8 Å². The zero-order chi connectivity index (χ0) is 29.2. The van der Waals surface area contributed by atoms with E-state index in [9.17, 15) is 14.4 Å². The highest BCUT2D eigenvalue weighted by Crippen LogP contribution is 2.40. The number of carbonyl (C=O) groups excluding carboxylic acids is 3. The fourth-order valence-corrected chi connectivity index (χ4v) is 6.25. The fourth-order valence-electron chi connectivity index (χ4n) is 6.25. The molecule has 8 nitrogen and oxygen atoms in total. The first kappa shape index (κ1) is 26.2. The first-order valence-corrected chi connectivity index (χ1v) is 14.3. The molecule has 8 heteroatoms. The lowest BCUT2D eigenvalue weighted by Gasteiger charge is -2.35. The molecule has 7 rings (SSSR count). The molecule has 1 aromatic carbocycles. The van der Waals surface area contributed by atoms with E-state index in [-0.39, 0.29) is 41.4 Å². The summed E-state index contributed by atoms with van der Waals surface area (Å²) in [5, 5.41) is 2.91. The Morgan fingerprint density at radius 2 is 1.98 bits per heavy atom. The van der Waals surface area contributed by atoms with Crippen LogP contribution in [0.2, 0.25) is 0 Å². The maximum absolute atomic E-state index is 13.7. The Labute approximate surface area is 243 Å². The molecule has 3 heterocycles. The molecule has 1 saturated heterocycles. The van der Waals surface area contributed by atoms with E-state index >= 15 is 0 Å². The van der Waals surface area contributed by atoms with Gasteiger partial charge in [0, 0.05) is 28.8 Å². The van der Waals surface area contributed by atoms with Crippen molar-refractivity contribution in [2.75, 3.05) is 0 Å². The molecule has 3 amide bonds. The Kier molecular flexibility index (Phi) is 6.04. The summed E-state index contributed by atoms with van der Waals surface area (Å²) in [5.41, 5.74) is 3.47. The molecule has 212 valence electrons. The second-order valence-corrected chi connectivity index (χ2v) is 11.9. The van der Waals surface area contributed by atoms with Crippen molar-refractivity contribution in [2.45, 2.75) is 45.1 Å². The number of imide groups is 1. The molecule has 2 bridgehead atoms. The summed E-state index contributed by atoms with van der Waals surface area (Å²) in [6.45, 7) is 6.01. The SMILES string of the molecule is CC1C=C(NC(=O)C2=CC3=CC=CC(C)C3O2)C=C2CC1C(=O)N(C1=CCC(C)(c3nc4ccccc4o3)C=C1)C2=O. The average molecular weight is 562 g/mol. The third-order valence-electron chi connectivity index (χ3n) is 8.80. The standard InChI is InChI=1S/C34H31N3O5/c1-19-7-6-8-21-18-28(41-29(19)21)30(38)35-23-15-20(2)25-17-22(16-23)31(39)37(32(25)40)24-11-13-34(3,14-12-24)33-36-26-9-4-5-10-27(26)42-33/h4-13,15-16,18-20,25,29H,14,17H2,1-3H3,(H,35,38). The van der Waals surface area contributed by atoms with Gasteiger partial charge in [-0.25, -0.2) is 9.88 Å². The van der Waals surface area contributed by atoms with Crippen molar-refractivity contribution in [1.29, 1.82) is 0 Å². The number of rotatable bonds is 4. The highest BCUT2D eigenvalue weighted by Gasteiger charge is 2.43. The zero-order valence-electron chi connectivity index (χ0n) is 23.7. The summed E-state index contributed by atoms with van der Waals surface area (Å²) in [7, 11) is 0. The van der Waals surface area contributed by atoms with Crippen LogP contribution in [0.1, 0.15) is 39.5 Å². The number of fused-ring (bicyclic) bond motifs is 4. The second-order valence-electron chi connectivity index (χ2n) is 11.9. The van der Waals surface area contributed by atoms with E-state index in [0.29, 0.717) is 35.7 Å². The topological polar surface area (TPSA) is 102 Å². The molecule has 3 aliphatic carbocycles. The largest absolute Gasteiger partial charge is 0.479 e. The van der Waals surface area contributed by atoms with Crippen LogP contribution in [0.25, 0.3) is 11.1 Å². The van der Waals surface area contributed by atoms with Gasteiger partial charge in [0.15, 0.2) is 11.3 Å². The Bertz CT molecular complexity index is 1730. The van der Waals surface area contributed by atoms with Crippen molar-refractivity contribution in [3.05, 3.63) is 113 Å². The van der Waals surface area contributed by atoms with Gasteiger partial charge in [0.1, 0.15) is 11.6 Å². The number of amides is 3. The molecule has 0 saturated carbocycles. The second kappa shape index (κ2) is 9.69. The Morgan fingerprint density at radius 1 is 1.14 bits per heavy atom. The Balaban J connectivity index is 1.11. The number of nitrogens with one attached hydrogen (secondary N) is 1. The number of piperidine rings is 1. The van der Waals surface area contributed by atoms with Gasteiger partial charge < -0.3 is 14.5 Å². The van der Waals surface area contributed by atoms with E-state index in [2.05, 4.69) is 10.3 Å². The zero-order valence-corrected chi connectivity index (χ0v) is 23.7. The quantitative estimate of drug-likeness (QED) is 0.509. The molecular formula is C34H31N3O5. The van der Waals surface area contributed by atoms with Crippen LogP contribution in [0.5, 0.6) is 0 Å². The first-order chi connectivity index (χ1) is 20.2. The molecule has 2 aliphatic heterocycles. The molecule has 5 aliphatic rings. The van der Waals surface area contributed by atoms with Gasteiger partial charge in [0.05, 0.1) is 5.41 Å². The maximum Gasteiger partial charge on any atom is 0.290 e. The summed E-state index contributed by atoms with van der Waals surface area (Å²) in [6, 6.07) is 7.62. The van der Waals surface area contributed by atoms with Crippen molar-refractivity contribution < 1.29 is 23.5 Å². The first-order valence-electron chi connectivity index (χ1n) is 14.3. The molecule has 1 fully saturated rings. The van der Waals surface area contributed by atoms with Crippen LogP contribution in [0, 0.1) is 17.8 Å². The Morgan fingerprint density at radius 3 is 2.74 bits per heavy atom. The fraction of sp³-hybridized carbons (Fsp3) is 0.294. The lowest BCUT2D eigenvalue weighted by Crippen LogP contribution is -2.47. The normalized spacial score (nSPS) is 30.1. The molecule has 2 aromatic rings. The van der Waals surface area contributed by atoms with E-state index in [0.717, 1.165) is 16.7 Å². The summed E-state index contributed by atoms with van der Waals surface area (Å²) in [4.78, 5) is 46.5. The number of ether oxygens (including phenoxy) is 1. The van der Waals surface area contributed by atoms with E-state index in [1.807, 2.05) is 81.5 Å². The summed E-state index contributed by atoms with van der Waals surface area (Å²) in [5.74, 6) is -0.637. The number of likely N-dealkylation sites (tertiary alicyclic amines) is 1. The molecule has 5 atom stereocenters.